The number of nitrogens with one attached hydrogen (secondary N) is 2. The van der Waals surface area contributed by atoms with Crippen molar-refractivity contribution in [3.8, 4) is 0 Å². The van der Waals surface area contributed by atoms with Gasteiger partial charge in [0.25, 0.3) is 0 Å². The van der Waals surface area contributed by atoms with Crippen LogP contribution < -0.4 is 10.6 Å². The topological polar surface area (TPSA) is 54.3 Å². The van der Waals surface area contributed by atoms with Gasteiger partial charge in [0.2, 0.25) is 5.91 Å². The van der Waals surface area contributed by atoms with Gasteiger partial charge in [-0.15, -0.1) is 0 Å². The van der Waals surface area contributed by atoms with Crippen LogP contribution in [0, 0.1) is 11.6 Å². The lowest BCUT2D eigenvalue weighted by atomic mass is 10.2. The highest BCUT2D eigenvalue weighted by atomic mass is 19.1. The van der Waals surface area contributed by atoms with E-state index in [9.17, 15) is 13.6 Å². The van der Waals surface area contributed by atoms with Crippen LogP contribution in [0.15, 0.2) is 41.0 Å². The van der Waals surface area contributed by atoms with Gasteiger partial charge in [-0.2, -0.15) is 0 Å². The van der Waals surface area contributed by atoms with Crippen LogP contribution in [0.2, 0.25) is 0 Å². The number of anilines is 1. The minimum atomic E-state index is -0.790. The van der Waals surface area contributed by atoms with Gasteiger partial charge in [-0.1, -0.05) is 6.07 Å². The molecule has 0 saturated carbocycles. The maximum atomic E-state index is 13.3. The van der Waals surface area contributed by atoms with E-state index in [-0.39, 0.29) is 6.42 Å². The molecule has 0 bridgehead atoms. The van der Waals surface area contributed by atoms with Crippen molar-refractivity contribution in [2.75, 3.05) is 11.9 Å². The second kappa shape index (κ2) is 6.81. The quantitative estimate of drug-likeness (QED) is 0.800. The Morgan fingerprint density at radius 1 is 1.15 bits per heavy atom. The molecule has 1 aromatic heterocycles. The molecule has 2 aromatic rings. The number of rotatable bonds is 6. The summed E-state index contributed by atoms with van der Waals surface area (Å²) in [6, 6.07) is 7.00. The Balaban J connectivity index is 1.75. The molecule has 0 spiro atoms. The lowest BCUT2D eigenvalue weighted by Gasteiger charge is -2.07. The first-order valence-electron chi connectivity index (χ1n) is 6.14. The van der Waals surface area contributed by atoms with Crippen LogP contribution >= 0.6 is 0 Å². The summed E-state index contributed by atoms with van der Waals surface area (Å²) in [7, 11) is 0. The summed E-state index contributed by atoms with van der Waals surface area (Å²) in [4.78, 5) is 11.6. The smallest absolute Gasteiger partial charge is 0.225 e. The van der Waals surface area contributed by atoms with Crippen LogP contribution in [0.3, 0.4) is 0 Å². The van der Waals surface area contributed by atoms with Crippen LogP contribution in [-0.4, -0.2) is 12.5 Å². The van der Waals surface area contributed by atoms with Crippen LogP contribution in [-0.2, 0) is 11.3 Å². The number of hydrogen-bond donors (Lipinski definition) is 2. The fourth-order valence-corrected chi connectivity index (χ4v) is 1.65. The van der Waals surface area contributed by atoms with Crippen molar-refractivity contribution >= 4 is 11.6 Å². The SMILES string of the molecule is O=C(CCNCc1ccco1)Nc1c(F)cccc1F. The van der Waals surface area contributed by atoms with Gasteiger partial charge in [-0.25, -0.2) is 8.78 Å². The van der Waals surface area contributed by atoms with Gasteiger partial charge in [0.1, 0.15) is 23.1 Å². The first kappa shape index (κ1) is 14.2. The molecule has 0 fully saturated rings. The number of carbonyl (C=O) groups excluding carboxylic acids is 1. The molecule has 0 aliphatic rings. The van der Waals surface area contributed by atoms with Crippen molar-refractivity contribution in [3.05, 3.63) is 54.0 Å². The molecule has 1 aromatic carbocycles. The van der Waals surface area contributed by atoms with Gasteiger partial charge in [0, 0.05) is 13.0 Å². The van der Waals surface area contributed by atoms with E-state index in [0.717, 1.165) is 17.9 Å². The number of furan rings is 1. The summed E-state index contributed by atoms with van der Waals surface area (Å²) in [5, 5.41) is 5.21. The Morgan fingerprint density at radius 2 is 1.90 bits per heavy atom. The largest absolute Gasteiger partial charge is 0.468 e. The maximum Gasteiger partial charge on any atom is 0.225 e. The number of amides is 1. The standard InChI is InChI=1S/C14H14F2N2O2/c15-11-4-1-5-12(16)14(11)18-13(19)6-7-17-9-10-3-2-8-20-10/h1-5,8,17H,6-7,9H2,(H,18,19). The van der Waals surface area contributed by atoms with Crippen molar-refractivity contribution in [1.82, 2.24) is 5.32 Å². The van der Waals surface area contributed by atoms with Gasteiger partial charge < -0.3 is 15.1 Å². The molecule has 0 atom stereocenters. The van der Waals surface area contributed by atoms with E-state index >= 15 is 0 Å². The van der Waals surface area contributed by atoms with E-state index in [0.29, 0.717) is 13.1 Å². The highest BCUT2D eigenvalue weighted by Gasteiger charge is 2.11. The molecule has 0 aliphatic carbocycles. The average Bonchev–Trinajstić information content (AvgIpc) is 2.92. The molecule has 1 heterocycles. The second-order valence-corrected chi connectivity index (χ2v) is 4.15. The summed E-state index contributed by atoms with van der Waals surface area (Å²) in [5.41, 5.74) is -0.413. The summed E-state index contributed by atoms with van der Waals surface area (Å²) in [5.74, 6) is -1.28. The van der Waals surface area contributed by atoms with E-state index in [2.05, 4.69) is 10.6 Å². The van der Waals surface area contributed by atoms with E-state index < -0.39 is 23.2 Å². The molecule has 4 nitrogen and oxygen atoms in total. The van der Waals surface area contributed by atoms with E-state index in [1.54, 1.807) is 12.3 Å². The third kappa shape index (κ3) is 3.89. The monoisotopic (exact) mass is 280 g/mol. The Hall–Kier alpha value is -2.21. The van der Waals surface area contributed by atoms with Crippen molar-refractivity contribution in [2.45, 2.75) is 13.0 Å². The van der Waals surface area contributed by atoms with Crippen LogP contribution in [0.4, 0.5) is 14.5 Å². The lowest BCUT2D eigenvalue weighted by molar-refractivity contribution is -0.116. The molecule has 0 saturated heterocycles. The minimum Gasteiger partial charge on any atom is -0.468 e. The van der Waals surface area contributed by atoms with Crippen LogP contribution in [0.5, 0.6) is 0 Å². The number of carbonyl (C=O) groups is 1. The Kier molecular flexibility index (Phi) is 4.84. The summed E-state index contributed by atoms with van der Waals surface area (Å²) < 4.78 is 31.7. The van der Waals surface area contributed by atoms with Gasteiger partial charge >= 0.3 is 0 Å². The number of benzene rings is 1. The first-order valence-corrected chi connectivity index (χ1v) is 6.14. The highest BCUT2D eigenvalue weighted by molar-refractivity contribution is 5.91. The molecule has 106 valence electrons. The van der Waals surface area contributed by atoms with Gasteiger partial charge in [0.05, 0.1) is 12.8 Å². The van der Waals surface area contributed by atoms with Crippen molar-refractivity contribution in [1.29, 1.82) is 0 Å². The normalized spacial score (nSPS) is 10.5. The Labute approximate surface area is 114 Å². The highest BCUT2D eigenvalue weighted by Crippen LogP contribution is 2.17. The molecular weight excluding hydrogens is 266 g/mol. The van der Waals surface area contributed by atoms with Crippen molar-refractivity contribution < 1.29 is 18.0 Å². The number of halogens is 2. The third-order valence-corrected chi connectivity index (χ3v) is 2.64. The molecule has 0 radical (unpaired) electrons. The third-order valence-electron chi connectivity index (χ3n) is 2.64. The predicted octanol–water partition coefficient (Wildman–Crippen LogP) is 2.68. The molecule has 20 heavy (non-hydrogen) atoms. The molecule has 0 unspecified atom stereocenters. The number of hydrogen-bond acceptors (Lipinski definition) is 3. The van der Waals surface area contributed by atoms with Gasteiger partial charge in [-0.3, -0.25) is 4.79 Å². The summed E-state index contributed by atoms with van der Waals surface area (Å²) >= 11 is 0. The molecule has 1 amide bonds. The Morgan fingerprint density at radius 3 is 2.55 bits per heavy atom. The fourth-order valence-electron chi connectivity index (χ4n) is 1.65. The van der Waals surface area contributed by atoms with Gasteiger partial charge in [0.15, 0.2) is 0 Å². The maximum absolute atomic E-state index is 13.3. The zero-order valence-electron chi connectivity index (χ0n) is 10.7. The van der Waals surface area contributed by atoms with E-state index in [4.69, 9.17) is 4.42 Å². The number of para-hydroxylation sites is 1. The Bertz CT molecular complexity index is 550. The molecule has 6 heteroatoms. The van der Waals surface area contributed by atoms with Crippen molar-refractivity contribution in [2.24, 2.45) is 0 Å². The zero-order chi connectivity index (χ0) is 14.4. The molecule has 0 aliphatic heterocycles. The van der Waals surface area contributed by atoms with Crippen molar-refractivity contribution in [3.63, 3.8) is 0 Å². The predicted molar refractivity (Wildman–Crippen MR) is 70.0 cm³/mol. The minimum absolute atomic E-state index is 0.106. The van der Waals surface area contributed by atoms with Gasteiger partial charge in [-0.05, 0) is 24.3 Å². The average molecular weight is 280 g/mol. The second-order valence-electron chi connectivity index (χ2n) is 4.15. The lowest BCUT2D eigenvalue weighted by Crippen LogP contribution is -2.22. The first-order chi connectivity index (χ1) is 9.66. The summed E-state index contributed by atoms with van der Waals surface area (Å²) in [6.07, 6.45) is 1.67. The molecular formula is C14H14F2N2O2. The van der Waals surface area contributed by atoms with Crippen LogP contribution in [0.25, 0.3) is 0 Å². The molecule has 2 N–H and O–H groups in total. The van der Waals surface area contributed by atoms with E-state index in [1.165, 1.54) is 6.07 Å². The van der Waals surface area contributed by atoms with Crippen LogP contribution in [0.1, 0.15) is 12.2 Å². The molecule has 2 rings (SSSR count). The fraction of sp³-hybridized carbons (Fsp3) is 0.214. The summed E-state index contributed by atoms with van der Waals surface area (Å²) in [6.45, 7) is 0.872. The zero-order valence-corrected chi connectivity index (χ0v) is 10.7. The van der Waals surface area contributed by atoms with E-state index in [1.807, 2.05) is 6.07 Å².